The second kappa shape index (κ2) is 3.25. The van der Waals surface area contributed by atoms with E-state index in [1.807, 2.05) is 0 Å². The lowest BCUT2D eigenvalue weighted by atomic mass is 9.77. The summed E-state index contributed by atoms with van der Waals surface area (Å²) in [5, 5.41) is 0. The molecule has 1 aliphatic carbocycles. The highest BCUT2D eigenvalue weighted by Crippen LogP contribution is 2.45. The summed E-state index contributed by atoms with van der Waals surface area (Å²) in [7, 11) is 0. The van der Waals surface area contributed by atoms with Crippen molar-refractivity contribution in [3.8, 4) is 0 Å². The maximum absolute atomic E-state index is 5.95. The first-order chi connectivity index (χ1) is 6.45. The molecule has 3 rings (SSSR count). The third kappa shape index (κ3) is 1.31. The van der Waals surface area contributed by atoms with Crippen molar-refractivity contribution in [3.05, 3.63) is 0 Å². The molecule has 0 amide bonds. The van der Waals surface area contributed by atoms with Crippen LogP contribution in [0.4, 0.5) is 0 Å². The predicted molar refractivity (Wildman–Crippen MR) is 49.3 cm³/mol. The molecule has 0 aromatic carbocycles. The smallest absolute Gasteiger partial charge is 0.161 e. The molecule has 0 radical (unpaired) electrons. The van der Waals surface area contributed by atoms with Crippen LogP contribution < -0.4 is 0 Å². The zero-order chi connectivity index (χ0) is 8.67. The Labute approximate surface area is 79.6 Å². The molecule has 0 aromatic rings. The fourth-order valence-corrected chi connectivity index (χ4v) is 3.29. The van der Waals surface area contributed by atoms with E-state index in [0.717, 1.165) is 18.4 Å². The first kappa shape index (κ1) is 8.25. The summed E-state index contributed by atoms with van der Waals surface area (Å²) in [6.45, 7) is 0.917. The second-order valence-corrected chi connectivity index (χ2v) is 4.67. The second-order valence-electron chi connectivity index (χ2n) is 4.67. The van der Waals surface area contributed by atoms with Crippen molar-refractivity contribution in [2.45, 2.75) is 50.9 Å². The molecule has 2 heteroatoms. The lowest BCUT2D eigenvalue weighted by Gasteiger charge is -2.29. The molecule has 3 fully saturated rings. The Morgan fingerprint density at radius 2 is 1.69 bits per heavy atom. The van der Waals surface area contributed by atoms with E-state index in [0.29, 0.717) is 6.10 Å². The summed E-state index contributed by atoms with van der Waals surface area (Å²) >= 11 is 0. The van der Waals surface area contributed by atoms with Crippen molar-refractivity contribution in [2.24, 2.45) is 11.8 Å². The van der Waals surface area contributed by atoms with Gasteiger partial charge in [-0.05, 0) is 31.6 Å². The largest absolute Gasteiger partial charge is 0.352 e. The van der Waals surface area contributed by atoms with Gasteiger partial charge in [0.05, 0.1) is 6.10 Å². The Kier molecular flexibility index (Phi) is 2.06. The van der Waals surface area contributed by atoms with Crippen molar-refractivity contribution < 1.29 is 9.47 Å². The van der Waals surface area contributed by atoms with E-state index < -0.39 is 0 Å². The van der Waals surface area contributed by atoms with Gasteiger partial charge in [-0.1, -0.05) is 12.8 Å². The predicted octanol–water partition coefficient (Wildman–Crippen LogP) is 2.33. The molecule has 1 saturated carbocycles. The van der Waals surface area contributed by atoms with Crippen LogP contribution in [0.15, 0.2) is 0 Å². The number of rotatable bonds is 0. The Morgan fingerprint density at radius 3 is 2.69 bits per heavy atom. The quantitative estimate of drug-likeness (QED) is 0.572. The van der Waals surface area contributed by atoms with Crippen molar-refractivity contribution in [1.82, 2.24) is 0 Å². The van der Waals surface area contributed by atoms with Crippen LogP contribution in [0.2, 0.25) is 0 Å². The Morgan fingerprint density at radius 1 is 0.846 bits per heavy atom. The Balaban J connectivity index is 1.76. The third-order valence-corrected chi connectivity index (χ3v) is 3.93. The molecule has 74 valence electrons. The van der Waals surface area contributed by atoms with Gasteiger partial charge in [-0.15, -0.1) is 0 Å². The van der Waals surface area contributed by atoms with Crippen molar-refractivity contribution in [1.29, 1.82) is 0 Å². The summed E-state index contributed by atoms with van der Waals surface area (Å²) < 4.78 is 11.6. The van der Waals surface area contributed by atoms with Gasteiger partial charge in [-0.2, -0.15) is 0 Å². The van der Waals surface area contributed by atoms with Crippen LogP contribution in [0.1, 0.15) is 38.5 Å². The van der Waals surface area contributed by atoms with Crippen LogP contribution in [-0.2, 0) is 9.47 Å². The minimum absolute atomic E-state index is 0.168. The van der Waals surface area contributed by atoms with Crippen LogP contribution >= 0.6 is 0 Å². The topological polar surface area (TPSA) is 18.5 Å². The maximum atomic E-state index is 5.95. The lowest BCUT2D eigenvalue weighted by Crippen LogP contribution is -2.29. The molecular formula is C11H18O2. The number of hydrogen-bond acceptors (Lipinski definition) is 2. The van der Waals surface area contributed by atoms with E-state index >= 15 is 0 Å². The summed E-state index contributed by atoms with van der Waals surface area (Å²) in [4.78, 5) is 0. The van der Waals surface area contributed by atoms with E-state index in [1.54, 1.807) is 0 Å². The molecule has 0 aromatic heterocycles. The molecule has 13 heavy (non-hydrogen) atoms. The van der Waals surface area contributed by atoms with Crippen molar-refractivity contribution in [3.63, 3.8) is 0 Å². The minimum Gasteiger partial charge on any atom is -0.352 e. The summed E-state index contributed by atoms with van der Waals surface area (Å²) in [6.07, 6.45) is 8.73. The molecule has 0 N–H and O–H groups in total. The van der Waals surface area contributed by atoms with E-state index in [1.165, 1.54) is 38.5 Å². The van der Waals surface area contributed by atoms with Crippen LogP contribution in [0.5, 0.6) is 0 Å². The molecule has 0 bridgehead atoms. The molecule has 2 heterocycles. The molecule has 2 nitrogen and oxygen atoms in total. The summed E-state index contributed by atoms with van der Waals surface area (Å²) in [6, 6.07) is 0. The van der Waals surface area contributed by atoms with E-state index in [9.17, 15) is 0 Å². The van der Waals surface area contributed by atoms with Crippen LogP contribution in [-0.4, -0.2) is 19.0 Å². The van der Waals surface area contributed by atoms with Gasteiger partial charge in [0.15, 0.2) is 6.29 Å². The standard InChI is InChI=1S/C11H18O2/c1-2-6-10-8(4-1)9-5-3-7-12-11(9)13-10/h8-11H,1-7H2/t8?,9-,10?,11+/m0/s1. The molecule has 2 unspecified atom stereocenters. The summed E-state index contributed by atoms with van der Waals surface area (Å²) in [5.41, 5.74) is 0. The van der Waals surface area contributed by atoms with Crippen LogP contribution in [0.25, 0.3) is 0 Å². The molecule has 3 aliphatic rings. The third-order valence-electron chi connectivity index (χ3n) is 3.93. The van der Waals surface area contributed by atoms with Gasteiger partial charge in [0, 0.05) is 12.5 Å². The lowest BCUT2D eigenvalue weighted by molar-refractivity contribution is -0.167. The first-order valence-electron chi connectivity index (χ1n) is 5.72. The zero-order valence-electron chi connectivity index (χ0n) is 8.08. The SMILES string of the molecule is C1CCC2C(C1)O[C@H]1OCCC[C@@H]21. The van der Waals surface area contributed by atoms with Crippen molar-refractivity contribution in [2.75, 3.05) is 6.61 Å². The molecule has 0 spiro atoms. The molecular weight excluding hydrogens is 164 g/mol. The minimum atomic E-state index is 0.168. The average molecular weight is 182 g/mol. The van der Waals surface area contributed by atoms with Gasteiger partial charge >= 0.3 is 0 Å². The first-order valence-corrected chi connectivity index (χ1v) is 5.72. The fraction of sp³-hybridized carbons (Fsp3) is 1.00. The fourth-order valence-electron chi connectivity index (χ4n) is 3.29. The van der Waals surface area contributed by atoms with Crippen LogP contribution in [0.3, 0.4) is 0 Å². The average Bonchev–Trinajstić information content (AvgIpc) is 2.56. The van der Waals surface area contributed by atoms with Gasteiger partial charge in [-0.3, -0.25) is 0 Å². The number of hydrogen-bond donors (Lipinski definition) is 0. The van der Waals surface area contributed by atoms with Crippen molar-refractivity contribution >= 4 is 0 Å². The zero-order valence-corrected chi connectivity index (χ0v) is 8.08. The highest BCUT2D eigenvalue weighted by atomic mass is 16.7. The van der Waals surface area contributed by atoms with Gasteiger partial charge in [0.1, 0.15) is 0 Å². The van der Waals surface area contributed by atoms with E-state index in [-0.39, 0.29) is 6.29 Å². The highest BCUT2D eigenvalue weighted by molar-refractivity contribution is 4.90. The maximum Gasteiger partial charge on any atom is 0.161 e. The Bertz CT molecular complexity index is 173. The summed E-state index contributed by atoms with van der Waals surface area (Å²) in [5.74, 6) is 1.57. The molecule has 4 atom stereocenters. The number of ether oxygens (including phenoxy) is 2. The van der Waals surface area contributed by atoms with E-state index in [4.69, 9.17) is 9.47 Å². The van der Waals surface area contributed by atoms with Gasteiger partial charge < -0.3 is 9.47 Å². The van der Waals surface area contributed by atoms with Gasteiger partial charge in [-0.25, -0.2) is 0 Å². The normalized spacial score (nSPS) is 49.8. The molecule has 2 aliphatic heterocycles. The van der Waals surface area contributed by atoms with Crippen LogP contribution in [0, 0.1) is 11.8 Å². The van der Waals surface area contributed by atoms with Gasteiger partial charge in [0.25, 0.3) is 0 Å². The van der Waals surface area contributed by atoms with Gasteiger partial charge in [0.2, 0.25) is 0 Å². The monoisotopic (exact) mass is 182 g/mol. The molecule has 2 saturated heterocycles. The Hall–Kier alpha value is -0.0800. The van der Waals surface area contributed by atoms with E-state index in [2.05, 4.69) is 0 Å². The number of fused-ring (bicyclic) bond motifs is 3. The highest BCUT2D eigenvalue weighted by Gasteiger charge is 2.46.